The van der Waals surface area contributed by atoms with Crippen molar-refractivity contribution in [3.63, 3.8) is 0 Å². The first-order chi connectivity index (χ1) is 9.21. The van der Waals surface area contributed by atoms with Crippen LogP contribution in [0.15, 0.2) is 30.3 Å². The second-order valence-corrected chi connectivity index (χ2v) is 6.84. The standard InChI is InChI=1S/C13H21N2O4P/c1-9(2)8-11(14)12(16)15-13(20(17,18)19)10-6-4-3-5-7-10/h3-7,9,11,13H,8,14H2,1-2H3,(H,15,16)(H2,17,18,19)/t11-,13+/m0/s1. The zero-order chi connectivity index (χ0) is 15.3. The van der Waals surface area contributed by atoms with Gasteiger partial charge in [-0.2, -0.15) is 0 Å². The molecule has 20 heavy (non-hydrogen) atoms. The predicted octanol–water partition coefficient (Wildman–Crippen LogP) is 1.35. The molecule has 1 amide bonds. The van der Waals surface area contributed by atoms with Gasteiger partial charge in [-0.25, -0.2) is 0 Å². The average molecular weight is 300 g/mol. The van der Waals surface area contributed by atoms with Crippen LogP contribution in [0.3, 0.4) is 0 Å². The van der Waals surface area contributed by atoms with Crippen molar-refractivity contribution in [2.45, 2.75) is 32.1 Å². The van der Waals surface area contributed by atoms with Crippen molar-refractivity contribution in [1.82, 2.24) is 5.32 Å². The Balaban J connectivity index is 2.88. The lowest BCUT2D eigenvalue weighted by atomic mass is 10.0. The van der Waals surface area contributed by atoms with E-state index in [1.54, 1.807) is 30.3 Å². The fourth-order valence-corrected chi connectivity index (χ4v) is 2.71. The summed E-state index contributed by atoms with van der Waals surface area (Å²) in [4.78, 5) is 30.7. The van der Waals surface area contributed by atoms with E-state index in [1.807, 2.05) is 13.8 Å². The Labute approximate surface area is 118 Å². The van der Waals surface area contributed by atoms with Crippen molar-refractivity contribution < 1.29 is 19.1 Å². The quantitative estimate of drug-likeness (QED) is 0.592. The van der Waals surface area contributed by atoms with E-state index >= 15 is 0 Å². The highest BCUT2D eigenvalue weighted by Crippen LogP contribution is 2.49. The van der Waals surface area contributed by atoms with E-state index < -0.39 is 25.3 Å². The van der Waals surface area contributed by atoms with E-state index in [0.29, 0.717) is 12.0 Å². The van der Waals surface area contributed by atoms with E-state index in [-0.39, 0.29) is 5.92 Å². The number of amides is 1. The van der Waals surface area contributed by atoms with Gasteiger partial charge in [0, 0.05) is 0 Å². The van der Waals surface area contributed by atoms with Crippen molar-refractivity contribution in [2.24, 2.45) is 11.7 Å². The van der Waals surface area contributed by atoms with Crippen LogP contribution >= 0.6 is 7.60 Å². The Bertz CT molecular complexity index is 486. The first kappa shape index (κ1) is 16.9. The summed E-state index contributed by atoms with van der Waals surface area (Å²) in [6.45, 7) is 3.84. The van der Waals surface area contributed by atoms with Gasteiger partial charge < -0.3 is 20.8 Å². The fourth-order valence-electron chi connectivity index (χ4n) is 1.85. The number of benzene rings is 1. The average Bonchev–Trinajstić information content (AvgIpc) is 2.34. The van der Waals surface area contributed by atoms with Crippen LogP contribution in [0.2, 0.25) is 0 Å². The largest absolute Gasteiger partial charge is 0.352 e. The normalized spacial score (nSPS) is 14.9. The van der Waals surface area contributed by atoms with Gasteiger partial charge in [0.25, 0.3) is 0 Å². The molecule has 2 atom stereocenters. The molecule has 1 aromatic rings. The molecule has 0 spiro atoms. The topological polar surface area (TPSA) is 113 Å². The van der Waals surface area contributed by atoms with Gasteiger partial charge in [-0.3, -0.25) is 9.36 Å². The van der Waals surface area contributed by atoms with Crippen LogP contribution in [-0.4, -0.2) is 21.7 Å². The first-order valence-corrected chi connectivity index (χ1v) is 8.06. The van der Waals surface area contributed by atoms with Crippen LogP contribution in [0, 0.1) is 5.92 Å². The highest BCUT2D eigenvalue weighted by molar-refractivity contribution is 7.52. The van der Waals surface area contributed by atoms with E-state index in [4.69, 9.17) is 5.73 Å². The third kappa shape index (κ3) is 5.06. The third-order valence-corrected chi connectivity index (χ3v) is 3.89. The summed E-state index contributed by atoms with van der Waals surface area (Å²) in [7, 11) is -4.51. The van der Waals surface area contributed by atoms with Crippen molar-refractivity contribution in [3.05, 3.63) is 35.9 Å². The molecule has 0 fully saturated rings. The zero-order valence-electron chi connectivity index (χ0n) is 11.6. The molecule has 0 saturated heterocycles. The van der Waals surface area contributed by atoms with Gasteiger partial charge >= 0.3 is 7.60 Å². The van der Waals surface area contributed by atoms with E-state index in [0.717, 1.165) is 0 Å². The number of hydrogen-bond acceptors (Lipinski definition) is 3. The monoisotopic (exact) mass is 300 g/mol. The molecule has 1 aromatic carbocycles. The molecule has 1 rings (SSSR count). The van der Waals surface area contributed by atoms with Gasteiger partial charge in [0.05, 0.1) is 6.04 Å². The van der Waals surface area contributed by atoms with Gasteiger partial charge in [0.1, 0.15) is 0 Å². The maximum absolute atomic E-state index is 11.9. The number of nitrogens with two attached hydrogens (primary N) is 1. The smallest absolute Gasteiger partial charge is 0.337 e. The molecule has 0 saturated carbocycles. The molecule has 0 bridgehead atoms. The molecule has 0 aromatic heterocycles. The van der Waals surface area contributed by atoms with Gasteiger partial charge in [-0.1, -0.05) is 44.2 Å². The lowest BCUT2D eigenvalue weighted by Gasteiger charge is -2.22. The number of carbonyl (C=O) groups excluding carboxylic acids is 1. The van der Waals surface area contributed by atoms with Crippen LogP contribution < -0.4 is 11.1 Å². The van der Waals surface area contributed by atoms with E-state index in [9.17, 15) is 19.1 Å². The van der Waals surface area contributed by atoms with Crippen molar-refractivity contribution in [1.29, 1.82) is 0 Å². The first-order valence-electron chi connectivity index (χ1n) is 6.38. The lowest BCUT2D eigenvalue weighted by Crippen LogP contribution is -2.42. The van der Waals surface area contributed by atoms with Crippen LogP contribution in [0.1, 0.15) is 31.6 Å². The summed E-state index contributed by atoms with van der Waals surface area (Å²) in [6.07, 6.45) is 0.453. The van der Waals surface area contributed by atoms with Crippen LogP contribution in [-0.2, 0) is 9.36 Å². The van der Waals surface area contributed by atoms with E-state index in [1.165, 1.54) is 0 Å². The van der Waals surface area contributed by atoms with Crippen molar-refractivity contribution >= 4 is 13.5 Å². The summed E-state index contributed by atoms with van der Waals surface area (Å²) in [5.41, 5.74) is 6.08. The zero-order valence-corrected chi connectivity index (χ0v) is 12.5. The molecular formula is C13H21N2O4P. The number of hydrogen-bond donors (Lipinski definition) is 4. The summed E-state index contributed by atoms with van der Waals surface area (Å²) < 4.78 is 11.6. The fraction of sp³-hybridized carbons (Fsp3) is 0.462. The SMILES string of the molecule is CC(C)C[C@H](N)C(=O)N[C@@H](c1ccccc1)P(=O)(O)O. The van der Waals surface area contributed by atoms with Gasteiger partial charge in [-0.15, -0.1) is 0 Å². The van der Waals surface area contributed by atoms with E-state index in [2.05, 4.69) is 5.32 Å². The number of carbonyl (C=O) groups is 1. The molecule has 0 unspecified atom stereocenters. The number of rotatable bonds is 6. The molecule has 0 aliphatic rings. The van der Waals surface area contributed by atoms with Crippen LogP contribution in [0.4, 0.5) is 0 Å². The Morgan fingerprint density at radius 2 is 1.85 bits per heavy atom. The van der Waals surface area contributed by atoms with Gasteiger partial charge in [0.15, 0.2) is 5.78 Å². The lowest BCUT2D eigenvalue weighted by molar-refractivity contribution is -0.123. The van der Waals surface area contributed by atoms with Crippen molar-refractivity contribution in [3.8, 4) is 0 Å². The molecule has 0 aliphatic carbocycles. The Morgan fingerprint density at radius 3 is 2.30 bits per heavy atom. The Hall–Kier alpha value is -1.20. The second-order valence-electron chi connectivity index (χ2n) is 5.15. The Morgan fingerprint density at radius 1 is 1.30 bits per heavy atom. The molecule has 6 nitrogen and oxygen atoms in total. The summed E-state index contributed by atoms with van der Waals surface area (Å²) >= 11 is 0. The molecule has 0 heterocycles. The maximum atomic E-state index is 11.9. The highest BCUT2D eigenvalue weighted by atomic mass is 31.2. The minimum absolute atomic E-state index is 0.223. The molecule has 0 aliphatic heterocycles. The van der Waals surface area contributed by atoms with Gasteiger partial charge in [-0.05, 0) is 17.9 Å². The summed E-state index contributed by atoms with van der Waals surface area (Å²) in [6, 6.07) is 7.35. The van der Waals surface area contributed by atoms with Crippen LogP contribution in [0.25, 0.3) is 0 Å². The molecule has 7 heteroatoms. The molecular weight excluding hydrogens is 279 g/mol. The molecule has 112 valence electrons. The summed E-state index contributed by atoms with van der Waals surface area (Å²) in [5, 5.41) is 2.35. The predicted molar refractivity (Wildman–Crippen MR) is 76.8 cm³/mol. The minimum Gasteiger partial charge on any atom is -0.337 e. The molecule has 5 N–H and O–H groups in total. The second kappa shape index (κ2) is 6.99. The van der Waals surface area contributed by atoms with Crippen LogP contribution in [0.5, 0.6) is 0 Å². The number of nitrogens with one attached hydrogen (secondary N) is 1. The third-order valence-electron chi connectivity index (χ3n) is 2.79. The maximum Gasteiger partial charge on any atom is 0.352 e. The molecule has 0 radical (unpaired) electrons. The van der Waals surface area contributed by atoms with Crippen molar-refractivity contribution in [2.75, 3.05) is 0 Å². The Kier molecular flexibility index (Phi) is 5.89. The summed E-state index contributed by atoms with van der Waals surface area (Å²) in [5.74, 6) is -1.70. The highest BCUT2D eigenvalue weighted by Gasteiger charge is 2.33. The minimum atomic E-state index is -4.51. The van der Waals surface area contributed by atoms with Gasteiger partial charge in [0.2, 0.25) is 5.91 Å².